The lowest BCUT2D eigenvalue weighted by molar-refractivity contribution is -0.130. The summed E-state index contributed by atoms with van der Waals surface area (Å²) in [4.78, 5) is 12.4. The summed E-state index contributed by atoms with van der Waals surface area (Å²) in [6, 6.07) is 2.90. The molecular weight excluding hydrogens is 339 g/mol. The average Bonchev–Trinajstić information content (AvgIpc) is 2.45. The molecule has 1 amide bonds. The molecule has 0 saturated carbocycles. The number of phenolic OH excluding ortho intramolecular Hbond substituents is 1. The number of rotatable bonds is 3. The third-order valence-electron chi connectivity index (χ3n) is 3.60. The number of hydrogen-bond acceptors (Lipinski definition) is 4. The van der Waals surface area contributed by atoms with Crippen molar-refractivity contribution in [3.8, 4) is 5.75 Å². The largest absolute Gasteiger partial charge is 0.505 e. The lowest BCUT2D eigenvalue weighted by Gasteiger charge is -2.34. The van der Waals surface area contributed by atoms with Crippen LogP contribution in [0.1, 0.15) is 12.8 Å². The Morgan fingerprint density at radius 2 is 1.86 bits per heavy atom. The number of phenols is 1. The topological polar surface area (TPSA) is 84.6 Å². The van der Waals surface area contributed by atoms with Gasteiger partial charge in [0.05, 0.1) is 15.5 Å². The summed E-state index contributed by atoms with van der Waals surface area (Å²) in [6.45, 7) is 1.28. The molecule has 1 aliphatic rings. The predicted octanol–water partition coefficient (Wildman–Crippen LogP) is 2.81. The Kier molecular flexibility index (Phi) is 6.56. The smallest absolute Gasteiger partial charge is 0.232 e. The number of ether oxygens (including phenoxy) is 1. The number of nitrogens with one attached hydrogen (secondary N) is 1. The molecule has 0 spiro atoms. The molecule has 1 aliphatic heterocycles. The van der Waals surface area contributed by atoms with E-state index < -0.39 is 5.41 Å². The second-order valence-electron chi connectivity index (χ2n) is 4.84. The normalized spacial score (nSPS) is 16.9. The van der Waals surface area contributed by atoms with Gasteiger partial charge in [-0.1, -0.05) is 23.2 Å². The fourth-order valence-corrected chi connectivity index (χ4v) is 2.67. The van der Waals surface area contributed by atoms with Crippen LogP contribution in [0, 0.1) is 5.41 Å². The number of carbonyl (C=O) groups is 1. The van der Waals surface area contributed by atoms with Gasteiger partial charge in [0.2, 0.25) is 5.91 Å². The lowest BCUT2D eigenvalue weighted by Crippen LogP contribution is -2.46. The number of nitrogens with two attached hydrogens (primary N) is 1. The SMILES string of the molecule is Cl.NCC1(C(=O)Nc2cc(Cl)c(O)c(Cl)c2)CCOCC1. The molecule has 2 rings (SSSR count). The molecule has 1 fully saturated rings. The molecule has 1 heterocycles. The van der Waals surface area contributed by atoms with Crippen LogP contribution in [0.5, 0.6) is 5.75 Å². The Morgan fingerprint density at radius 3 is 2.33 bits per heavy atom. The molecule has 0 aromatic heterocycles. The van der Waals surface area contributed by atoms with E-state index in [1.165, 1.54) is 12.1 Å². The van der Waals surface area contributed by atoms with Crippen molar-refractivity contribution in [2.45, 2.75) is 12.8 Å². The van der Waals surface area contributed by atoms with Gasteiger partial charge in [0.15, 0.2) is 5.75 Å². The molecule has 1 aromatic rings. The zero-order valence-corrected chi connectivity index (χ0v) is 13.5. The molecule has 5 nitrogen and oxygen atoms in total. The highest BCUT2D eigenvalue weighted by Gasteiger charge is 2.38. The molecule has 1 aromatic carbocycles. The fourth-order valence-electron chi connectivity index (χ4n) is 2.19. The van der Waals surface area contributed by atoms with Crippen LogP contribution in [-0.2, 0) is 9.53 Å². The van der Waals surface area contributed by atoms with Crippen molar-refractivity contribution < 1.29 is 14.6 Å². The van der Waals surface area contributed by atoms with E-state index in [1.54, 1.807) is 0 Å². The monoisotopic (exact) mass is 354 g/mol. The zero-order valence-electron chi connectivity index (χ0n) is 11.2. The minimum Gasteiger partial charge on any atom is -0.505 e. The number of benzene rings is 1. The van der Waals surface area contributed by atoms with E-state index in [0.717, 1.165) is 0 Å². The molecule has 0 bridgehead atoms. The third kappa shape index (κ3) is 3.93. The molecule has 8 heteroatoms. The zero-order chi connectivity index (χ0) is 14.8. The van der Waals surface area contributed by atoms with E-state index in [1.807, 2.05) is 0 Å². The number of anilines is 1. The van der Waals surface area contributed by atoms with Crippen molar-refractivity contribution in [1.82, 2.24) is 0 Å². The van der Waals surface area contributed by atoms with Gasteiger partial charge in [0.1, 0.15) is 0 Å². The number of carbonyl (C=O) groups excluding carboxylic acids is 1. The van der Waals surface area contributed by atoms with Crippen molar-refractivity contribution in [1.29, 1.82) is 0 Å². The maximum atomic E-state index is 12.4. The molecule has 0 unspecified atom stereocenters. The second kappa shape index (κ2) is 7.51. The Morgan fingerprint density at radius 1 is 1.33 bits per heavy atom. The lowest BCUT2D eigenvalue weighted by atomic mass is 9.79. The van der Waals surface area contributed by atoms with Crippen LogP contribution in [0.25, 0.3) is 0 Å². The Labute approximate surface area is 139 Å². The average molecular weight is 356 g/mol. The Hall–Kier alpha value is -0.720. The van der Waals surface area contributed by atoms with Gasteiger partial charge < -0.3 is 20.9 Å². The maximum Gasteiger partial charge on any atom is 0.232 e. The molecule has 0 atom stereocenters. The second-order valence-corrected chi connectivity index (χ2v) is 5.65. The summed E-state index contributed by atoms with van der Waals surface area (Å²) in [7, 11) is 0. The first-order chi connectivity index (χ1) is 9.48. The van der Waals surface area contributed by atoms with Gasteiger partial charge in [-0.2, -0.15) is 0 Å². The summed E-state index contributed by atoms with van der Waals surface area (Å²) >= 11 is 11.7. The van der Waals surface area contributed by atoms with Gasteiger partial charge in [0, 0.05) is 25.4 Å². The number of amides is 1. The fraction of sp³-hybridized carbons (Fsp3) is 0.462. The van der Waals surface area contributed by atoms with E-state index in [0.29, 0.717) is 31.7 Å². The Balaban J connectivity index is 0.00000220. The summed E-state index contributed by atoms with van der Waals surface area (Å²) in [5.41, 5.74) is 5.57. The number of aromatic hydroxyl groups is 1. The van der Waals surface area contributed by atoms with E-state index in [2.05, 4.69) is 5.32 Å². The van der Waals surface area contributed by atoms with Crippen molar-refractivity contribution in [2.75, 3.05) is 25.1 Å². The molecule has 118 valence electrons. The van der Waals surface area contributed by atoms with Crippen molar-refractivity contribution in [2.24, 2.45) is 11.1 Å². The first-order valence-electron chi connectivity index (χ1n) is 6.26. The van der Waals surface area contributed by atoms with Crippen LogP contribution in [0.3, 0.4) is 0 Å². The summed E-state index contributed by atoms with van der Waals surface area (Å²) < 4.78 is 5.27. The Bertz CT molecular complexity index is 496. The number of halogens is 3. The van der Waals surface area contributed by atoms with Crippen LogP contribution in [-0.4, -0.2) is 30.8 Å². The maximum absolute atomic E-state index is 12.4. The minimum absolute atomic E-state index is 0. The van der Waals surface area contributed by atoms with Gasteiger partial charge in [-0.3, -0.25) is 4.79 Å². The van der Waals surface area contributed by atoms with E-state index in [-0.39, 0.29) is 40.7 Å². The minimum atomic E-state index is -0.630. The van der Waals surface area contributed by atoms with Crippen molar-refractivity contribution in [3.05, 3.63) is 22.2 Å². The molecule has 1 saturated heterocycles. The predicted molar refractivity (Wildman–Crippen MR) is 85.5 cm³/mol. The van der Waals surface area contributed by atoms with Crippen LogP contribution < -0.4 is 11.1 Å². The van der Waals surface area contributed by atoms with Crippen LogP contribution >= 0.6 is 35.6 Å². The summed E-state index contributed by atoms with van der Waals surface area (Å²) in [6.07, 6.45) is 1.16. The number of hydrogen-bond donors (Lipinski definition) is 3. The van der Waals surface area contributed by atoms with Crippen LogP contribution in [0.4, 0.5) is 5.69 Å². The highest BCUT2D eigenvalue weighted by atomic mass is 35.5. The third-order valence-corrected chi connectivity index (χ3v) is 4.17. The first kappa shape index (κ1) is 18.3. The van der Waals surface area contributed by atoms with Gasteiger partial charge in [-0.25, -0.2) is 0 Å². The summed E-state index contributed by atoms with van der Waals surface area (Å²) in [5.74, 6) is -0.382. The molecule has 4 N–H and O–H groups in total. The molecule has 0 aliphatic carbocycles. The highest BCUT2D eigenvalue weighted by Crippen LogP contribution is 2.36. The van der Waals surface area contributed by atoms with Gasteiger partial charge in [0.25, 0.3) is 0 Å². The molecule has 21 heavy (non-hydrogen) atoms. The van der Waals surface area contributed by atoms with Crippen molar-refractivity contribution in [3.63, 3.8) is 0 Å². The van der Waals surface area contributed by atoms with E-state index in [9.17, 15) is 9.90 Å². The molecule has 0 radical (unpaired) electrons. The summed E-state index contributed by atoms with van der Waals surface area (Å²) in [5, 5.41) is 12.4. The van der Waals surface area contributed by atoms with Gasteiger partial charge in [-0.05, 0) is 25.0 Å². The van der Waals surface area contributed by atoms with E-state index in [4.69, 9.17) is 33.7 Å². The first-order valence-corrected chi connectivity index (χ1v) is 7.01. The highest BCUT2D eigenvalue weighted by molar-refractivity contribution is 6.37. The van der Waals surface area contributed by atoms with Crippen LogP contribution in [0.2, 0.25) is 10.0 Å². The van der Waals surface area contributed by atoms with E-state index >= 15 is 0 Å². The quantitative estimate of drug-likeness (QED) is 0.728. The van der Waals surface area contributed by atoms with Crippen LogP contribution in [0.15, 0.2) is 12.1 Å². The molecular formula is C13H17Cl3N2O3. The van der Waals surface area contributed by atoms with Gasteiger partial charge >= 0.3 is 0 Å². The standard InChI is InChI=1S/C13H16Cl2N2O3.ClH/c14-9-5-8(6-10(15)11(9)18)17-12(19)13(7-16)1-3-20-4-2-13;/h5-6,18H,1-4,7,16H2,(H,17,19);1H. The van der Waals surface area contributed by atoms with Gasteiger partial charge in [-0.15, -0.1) is 12.4 Å². The van der Waals surface area contributed by atoms with Crippen molar-refractivity contribution >= 4 is 47.2 Å².